The lowest BCUT2D eigenvalue weighted by molar-refractivity contribution is -0.113. The number of thiophene rings is 1. The Morgan fingerprint density at radius 1 is 1.09 bits per heavy atom. The van der Waals surface area contributed by atoms with Crippen LogP contribution in [-0.2, 0) is 4.79 Å². The number of allylic oxidation sites excluding steroid dienone is 1. The fraction of sp³-hybridized carbons (Fsp3) is 0.111. The molecule has 0 saturated heterocycles. The lowest BCUT2D eigenvalue weighted by atomic mass is 9.91. The predicted molar refractivity (Wildman–Crippen MR) is 139 cm³/mol. The number of fused-ring (bicyclic) bond motifs is 1. The van der Waals surface area contributed by atoms with Crippen molar-refractivity contribution in [1.29, 1.82) is 0 Å². The van der Waals surface area contributed by atoms with E-state index in [0.29, 0.717) is 21.5 Å². The van der Waals surface area contributed by atoms with Gasteiger partial charge in [-0.25, -0.2) is 0 Å². The van der Waals surface area contributed by atoms with Crippen LogP contribution in [-0.4, -0.2) is 17.6 Å². The highest BCUT2D eigenvalue weighted by Crippen LogP contribution is 2.32. The summed E-state index contributed by atoms with van der Waals surface area (Å²) in [5.41, 5.74) is 2.76. The van der Waals surface area contributed by atoms with Gasteiger partial charge >= 0.3 is 0 Å². The van der Waals surface area contributed by atoms with Crippen molar-refractivity contribution in [3.05, 3.63) is 113 Å². The fourth-order valence-electron chi connectivity index (χ4n) is 4.12. The minimum atomic E-state index is -0.576. The van der Waals surface area contributed by atoms with Crippen molar-refractivity contribution < 1.29 is 9.53 Å². The van der Waals surface area contributed by atoms with Gasteiger partial charge in [0.25, 0.3) is 11.5 Å². The molecule has 7 heteroatoms. The smallest absolute Gasteiger partial charge is 0.269 e. The predicted octanol–water partition coefficient (Wildman–Crippen LogP) is 4.15. The topological polar surface area (TPSA) is 60.3 Å². The van der Waals surface area contributed by atoms with E-state index in [1.807, 2.05) is 91.2 Å². The number of nitrogens with one attached hydrogen (secondary N) is 1. The average molecular weight is 487 g/mol. The maximum absolute atomic E-state index is 13.7. The van der Waals surface area contributed by atoms with Gasteiger partial charge in [0.2, 0.25) is 0 Å². The Kier molecular flexibility index (Phi) is 6.04. The minimum Gasteiger partial charge on any atom is -0.497 e. The molecule has 170 valence electrons. The molecule has 4 aromatic rings. The van der Waals surface area contributed by atoms with Crippen LogP contribution in [0.5, 0.6) is 5.75 Å². The Morgan fingerprint density at radius 3 is 2.65 bits per heavy atom. The molecule has 1 amide bonds. The summed E-state index contributed by atoms with van der Waals surface area (Å²) in [5.74, 6) is 0.433. The van der Waals surface area contributed by atoms with E-state index in [1.165, 1.54) is 11.3 Å². The van der Waals surface area contributed by atoms with E-state index >= 15 is 0 Å². The zero-order chi connectivity index (χ0) is 23.7. The van der Waals surface area contributed by atoms with Crippen molar-refractivity contribution in [1.82, 2.24) is 4.57 Å². The molecule has 2 aromatic heterocycles. The van der Waals surface area contributed by atoms with Crippen LogP contribution in [0, 0.1) is 0 Å². The highest BCUT2D eigenvalue weighted by atomic mass is 32.1. The van der Waals surface area contributed by atoms with Crippen molar-refractivity contribution in [2.75, 3.05) is 12.4 Å². The molecular formula is C27H22N2O3S2. The van der Waals surface area contributed by atoms with Gasteiger partial charge in [0.05, 0.1) is 22.3 Å². The van der Waals surface area contributed by atoms with Crippen molar-refractivity contribution >= 4 is 46.4 Å². The van der Waals surface area contributed by atoms with E-state index in [9.17, 15) is 9.59 Å². The Labute approximate surface area is 204 Å². The summed E-state index contributed by atoms with van der Waals surface area (Å²) in [6, 6.07) is 20.3. The summed E-state index contributed by atoms with van der Waals surface area (Å²) >= 11 is 3.02. The molecule has 0 bridgehead atoms. The molecule has 2 aromatic carbocycles. The summed E-state index contributed by atoms with van der Waals surface area (Å²) in [5, 5.41) is 4.98. The Hall–Kier alpha value is -3.68. The van der Waals surface area contributed by atoms with Gasteiger partial charge in [0.15, 0.2) is 0 Å². The molecule has 5 rings (SSSR count). The lowest BCUT2D eigenvalue weighted by Gasteiger charge is -2.26. The number of rotatable bonds is 5. The number of nitrogens with zero attached hydrogens (tertiary/aromatic N) is 1. The van der Waals surface area contributed by atoms with Crippen molar-refractivity contribution in [2.45, 2.75) is 13.0 Å². The lowest BCUT2D eigenvalue weighted by Crippen LogP contribution is -2.40. The Balaban J connectivity index is 1.70. The first-order chi connectivity index (χ1) is 16.5. The van der Waals surface area contributed by atoms with E-state index in [2.05, 4.69) is 5.32 Å². The number of para-hydroxylation sites is 1. The second kappa shape index (κ2) is 9.29. The molecule has 0 unspecified atom stereocenters. The number of thiazole rings is 1. The highest BCUT2D eigenvalue weighted by Gasteiger charge is 2.31. The minimum absolute atomic E-state index is 0.116. The van der Waals surface area contributed by atoms with Gasteiger partial charge in [0.1, 0.15) is 5.75 Å². The molecule has 5 nitrogen and oxygen atoms in total. The number of anilines is 1. The molecule has 1 atom stereocenters. The molecule has 0 spiro atoms. The monoisotopic (exact) mass is 486 g/mol. The van der Waals surface area contributed by atoms with Crippen LogP contribution < -0.4 is 24.8 Å². The van der Waals surface area contributed by atoms with Gasteiger partial charge in [-0.1, -0.05) is 36.4 Å². The summed E-state index contributed by atoms with van der Waals surface area (Å²) in [6.07, 6.45) is 3.84. The standard InChI is InChI=1S/C27H22N2O3S2/c1-17-14-23-29(27(31)22(34-23)16-21-12-7-13-33-21)25(18-8-6-11-20(15-18)32-2)24(17)26(30)28-19-9-4-3-5-10-19/h3-16,25H,1-2H3,(H,28,30)/b22-16+/t25-/m1/s1. The average Bonchev–Trinajstić information content (AvgIpc) is 3.47. The molecule has 0 fully saturated rings. The molecule has 0 aliphatic carbocycles. The van der Waals surface area contributed by atoms with Crippen LogP contribution in [0.4, 0.5) is 5.69 Å². The van der Waals surface area contributed by atoms with Crippen LogP contribution in [0.3, 0.4) is 0 Å². The van der Waals surface area contributed by atoms with Gasteiger partial charge in [-0.15, -0.1) is 22.7 Å². The van der Waals surface area contributed by atoms with E-state index in [0.717, 1.165) is 20.7 Å². The maximum Gasteiger partial charge on any atom is 0.269 e. The largest absolute Gasteiger partial charge is 0.497 e. The fourth-order valence-corrected chi connectivity index (χ4v) is 5.97. The molecular weight excluding hydrogens is 464 g/mol. The van der Waals surface area contributed by atoms with Crippen molar-refractivity contribution in [3.63, 3.8) is 0 Å². The summed E-state index contributed by atoms with van der Waals surface area (Å²) in [6.45, 7) is 1.92. The molecule has 0 saturated carbocycles. The summed E-state index contributed by atoms with van der Waals surface area (Å²) < 4.78 is 8.62. The van der Waals surface area contributed by atoms with E-state index in [4.69, 9.17) is 4.74 Å². The SMILES string of the molecule is COc1cccc([C@@H]2C(C(=O)Nc3ccccc3)=C(C)C=c3s/c(=C/c4cccs4)c(=O)n32)c1. The molecule has 1 aliphatic rings. The maximum atomic E-state index is 13.7. The van der Waals surface area contributed by atoms with Crippen LogP contribution in [0.2, 0.25) is 0 Å². The zero-order valence-electron chi connectivity index (χ0n) is 18.6. The summed E-state index contributed by atoms with van der Waals surface area (Å²) in [7, 11) is 1.61. The Bertz CT molecular complexity index is 1560. The van der Waals surface area contributed by atoms with Gasteiger partial charge in [-0.05, 0) is 65.9 Å². The van der Waals surface area contributed by atoms with Crippen molar-refractivity contribution in [3.8, 4) is 5.75 Å². The second-order valence-corrected chi connectivity index (χ2v) is 9.92. The highest BCUT2D eigenvalue weighted by molar-refractivity contribution is 7.11. The normalized spacial score (nSPS) is 15.6. The quantitative estimate of drug-likeness (QED) is 0.461. The number of carbonyl (C=O) groups is 1. The first kappa shape index (κ1) is 22.1. The number of hydrogen-bond acceptors (Lipinski definition) is 5. The molecule has 1 aliphatic heterocycles. The van der Waals surface area contributed by atoms with E-state index in [-0.39, 0.29) is 11.5 Å². The van der Waals surface area contributed by atoms with Gasteiger partial charge in [-0.3, -0.25) is 14.2 Å². The first-order valence-electron chi connectivity index (χ1n) is 10.7. The van der Waals surface area contributed by atoms with Gasteiger partial charge < -0.3 is 10.1 Å². The third-order valence-corrected chi connectivity index (χ3v) is 7.54. The third-order valence-electron chi connectivity index (χ3n) is 5.68. The zero-order valence-corrected chi connectivity index (χ0v) is 20.3. The number of carbonyl (C=O) groups excluding carboxylic acids is 1. The Morgan fingerprint density at radius 2 is 1.91 bits per heavy atom. The number of aromatic nitrogens is 1. The first-order valence-corrected chi connectivity index (χ1v) is 12.4. The van der Waals surface area contributed by atoms with Crippen LogP contribution in [0.25, 0.3) is 12.2 Å². The molecule has 34 heavy (non-hydrogen) atoms. The number of ether oxygens (including phenoxy) is 1. The third kappa shape index (κ3) is 4.16. The number of benzene rings is 2. The van der Waals surface area contributed by atoms with Crippen LogP contribution in [0.15, 0.2) is 88.1 Å². The molecule has 1 N–H and O–H groups in total. The van der Waals surface area contributed by atoms with Crippen LogP contribution in [0.1, 0.15) is 23.4 Å². The molecule has 0 radical (unpaired) electrons. The van der Waals surface area contributed by atoms with E-state index < -0.39 is 6.04 Å². The molecule has 3 heterocycles. The summed E-state index contributed by atoms with van der Waals surface area (Å²) in [4.78, 5) is 28.2. The second-order valence-electron chi connectivity index (χ2n) is 7.88. The van der Waals surface area contributed by atoms with Gasteiger partial charge in [-0.2, -0.15) is 0 Å². The number of amides is 1. The number of methoxy groups -OCH3 is 1. The van der Waals surface area contributed by atoms with E-state index in [1.54, 1.807) is 23.0 Å². The number of hydrogen-bond donors (Lipinski definition) is 1. The van der Waals surface area contributed by atoms with Crippen LogP contribution >= 0.6 is 22.7 Å². The van der Waals surface area contributed by atoms with Gasteiger partial charge in [0, 0.05) is 16.1 Å². The van der Waals surface area contributed by atoms with Crippen molar-refractivity contribution in [2.24, 2.45) is 0 Å².